The molecule has 2 aromatic heterocycles. The van der Waals surface area contributed by atoms with Crippen LogP contribution in [-0.4, -0.2) is 74.9 Å². The SMILES string of the molecule is CCOC(=O)Cn1cc(-c2ccccc2Nc2cccc(C(F)(F)F)c2)nn1.CO.OCCn1cc(-c2ccccc2Nc2cccc(C(F)(F)F)c2)nn1.[B].[H-].[Na+]. The topological polar surface area (TPSA) is 152 Å². The van der Waals surface area contributed by atoms with Gasteiger partial charge in [-0.2, -0.15) is 26.3 Å². The van der Waals surface area contributed by atoms with Crippen molar-refractivity contribution >= 4 is 37.1 Å². The van der Waals surface area contributed by atoms with Crippen LogP contribution in [0.1, 0.15) is 19.5 Å². The van der Waals surface area contributed by atoms with Crippen LogP contribution in [0, 0.1) is 0 Å². The maximum Gasteiger partial charge on any atom is 1.00 e. The van der Waals surface area contributed by atoms with Crippen molar-refractivity contribution in [3.8, 4) is 22.5 Å². The first-order valence-corrected chi connectivity index (χ1v) is 16.4. The van der Waals surface area contributed by atoms with Crippen molar-refractivity contribution in [1.29, 1.82) is 0 Å². The first-order chi connectivity index (χ1) is 26.3. The Morgan fingerprint density at radius 3 is 1.60 bits per heavy atom. The summed E-state index contributed by atoms with van der Waals surface area (Å²) < 4.78 is 85.1. The van der Waals surface area contributed by atoms with Crippen molar-refractivity contribution in [2.45, 2.75) is 32.4 Å². The summed E-state index contributed by atoms with van der Waals surface area (Å²) in [5.74, 6) is -0.436. The minimum Gasteiger partial charge on any atom is -1.00 e. The number of alkyl halides is 6. The third-order valence-electron chi connectivity index (χ3n) is 7.35. The minimum atomic E-state index is -4.42. The van der Waals surface area contributed by atoms with E-state index in [1.54, 1.807) is 80.0 Å². The molecular weight excluding hydrogens is 768 g/mol. The van der Waals surface area contributed by atoms with Crippen LogP contribution in [0.3, 0.4) is 0 Å². The number of hydrogen-bond donors (Lipinski definition) is 4. The smallest absolute Gasteiger partial charge is 1.00 e. The van der Waals surface area contributed by atoms with Crippen LogP contribution in [0.4, 0.5) is 49.1 Å². The van der Waals surface area contributed by atoms with Crippen LogP contribution in [-0.2, 0) is 35.0 Å². The molecule has 4 N–H and O–H groups in total. The number of hydrogen-bond acceptors (Lipinski definition) is 10. The molecule has 0 aliphatic heterocycles. The molecule has 57 heavy (non-hydrogen) atoms. The van der Waals surface area contributed by atoms with Crippen LogP contribution in [0.25, 0.3) is 22.5 Å². The van der Waals surface area contributed by atoms with Gasteiger partial charge in [-0.3, -0.25) is 4.79 Å². The average molecular weight is 806 g/mol. The monoisotopic (exact) mass is 805 g/mol. The van der Waals surface area contributed by atoms with Crippen molar-refractivity contribution < 1.29 is 77.1 Å². The molecule has 6 rings (SSSR count). The third kappa shape index (κ3) is 14.0. The molecule has 295 valence electrons. The third-order valence-corrected chi connectivity index (χ3v) is 7.35. The number of nitrogens with zero attached hydrogens (tertiary/aromatic N) is 6. The maximum atomic E-state index is 12.9. The van der Waals surface area contributed by atoms with Gasteiger partial charge in [0.15, 0.2) is 0 Å². The van der Waals surface area contributed by atoms with E-state index in [4.69, 9.17) is 14.9 Å². The molecule has 0 aliphatic rings. The maximum absolute atomic E-state index is 12.9. The zero-order chi connectivity index (χ0) is 40.0. The fourth-order valence-corrected chi connectivity index (χ4v) is 4.96. The van der Waals surface area contributed by atoms with Gasteiger partial charge in [0.1, 0.15) is 17.9 Å². The number of para-hydroxylation sites is 2. The van der Waals surface area contributed by atoms with E-state index in [-0.39, 0.29) is 59.2 Å². The number of benzene rings is 4. The molecule has 0 aliphatic carbocycles. The van der Waals surface area contributed by atoms with Gasteiger partial charge in [0.25, 0.3) is 0 Å². The number of ether oxygens (including phenoxy) is 1. The Kier molecular flexibility index (Phi) is 18.9. The van der Waals surface area contributed by atoms with E-state index < -0.39 is 29.4 Å². The van der Waals surface area contributed by atoms with Crippen molar-refractivity contribution in [1.82, 2.24) is 30.0 Å². The largest absolute Gasteiger partial charge is 1.00 e. The Morgan fingerprint density at radius 2 is 1.16 bits per heavy atom. The fraction of sp³-hybridized carbons (Fsp3) is 0.216. The molecule has 6 aromatic rings. The number of nitrogens with one attached hydrogen (secondary N) is 2. The molecule has 0 saturated carbocycles. The zero-order valence-electron chi connectivity index (χ0n) is 32.0. The van der Waals surface area contributed by atoms with Gasteiger partial charge >= 0.3 is 47.9 Å². The summed E-state index contributed by atoms with van der Waals surface area (Å²) in [6.07, 6.45) is -5.58. The van der Waals surface area contributed by atoms with Gasteiger partial charge in [-0.25, -0.2) is 9.36 Å². The molecule has 12 nitrogen and oxygen atoms in total. The van der Waals surface area contributed by atoms with E-state index in [2.05, 4.69) is 31.3 Å². The van der Waals surface area contributed by atoms with Crippen LogP contribution in [0.15, 0.2) is 109 Å². The van der Waals surface area contributed by atoms with Gasteiger partial charge in [0.05, 0.1) is 43.3 Å². The summed E-state index contributed by atoms with van der Waals surface area (Å²) >= 11 is 0. The number of esters is 1. The standard InChI is InChI=1S/C19H17F3N4O2.C17H15F3N4O.CH4O.B.Na.H/c1-2-28-18(27)12-26-11-17(24-25-26)15-8-3-4-9-16(15)23-14-7-5-6-13(10-14)19(20,21)22;18-17(19,20)12-4-3-5-13(10-12)21-15-7-2-1-6-14(15)16-11-24(8-9-25)23-22-16;1-2;;;/h3-11,23H,2,12H2,1H3;1-7,10-11,21,25H,8-9H2;2H,1H3;;;/q;;;;+1;-1. The number of aliphatic hydroxyl groups excluding tert-OH is 2. The van der Waals surface area contributed by atoms with Crippen LogP contribution < -0.4 is 40.2 Å². The molecule has 0 saturated heterocycles. The van der Waals surface area contributed by atoms with Crippen molar-refractivity contribution in [3.05, 3.63) is 121 Å². The summed E-state index contributed by atoms with van der Waals surface area (Å²) in [6.45, 7) is 2.15. The number of carbonyl (C=O) groups is 1. The molecular formula is C37H37BF6N8NaO4. The predicted octanol–water partition coefficient (Wildman–Crippen LogP) is 4.31. The summed E-state index contributed by atoms with van der Waals surface area (Å²) in [7, 11) is 1.00. The Balaban J connectivity index is 0.000000532. The first kappa shape index (κ1) is 47.9. The molecule has 20 heteroatoms. The second kappa shape index (κ2) is 22.5. The molecule has 3 radical (unpaired) electrons. The van der Waals surface area contributed by atoms with Gasteiger partial charge in [-0.05, 0) is 55.5 Å². The summed E-state index contributed by atoms with van der Waals surface area (Å²) in [6, 6.07) is 24.1. The number of rotatable bonds is 11. The number of aliphatic hydroxyl groups is 2. The van der Waals surface area contributed by atoms with E-state index >= 15 is 0 Å². The quantitative estimate of drug-likeness (QED) is 0.0848. The molecule has 2 heterocycles. The molecule has 0 fully saturated rings. The van der Waals surface area contributed by atoms with E-state index in [9.17, 15) is 31.1 Å². The van der Waals surface area contributed by atoms with Gasteiger partial charge in [0, 0.05) is 49.4 Å². The number of anilines is 4. The van der Waals surface area contributed by atoms with Crippen molar-refractivity contribution in [3.63, 3.8) is 0 Å². The van der Waals surface area contributed by atoms with E-state index in [0.717, 1.165) is 31.4 Å². The predicted molar refractivity (Wildman–Crippen MR) is 199 cm³/mol. The van der Waals surface area contributed by atoms with Crippen molar-refractivity contribution in [2.24, 2.45) is 0 Å². The first-order valence-electron chi connectivity index (χ1n) is 16.4. The molecule has 0 atom stereocenters. The number of carbonyl (C=O) groups excluding carboxylic acids is 1. The zero-order valence-corrected chi connectivity index (χ0v) is 33.0. The van der Waals surface area contributed by atoms with Gasteiger partial charge in [0.2, 0.25) is 0 Å². The Morgan fingerprint density at radius 1 is 0.719 bits per heavy atom. The van der Waals surface area contributed by atoms with E-state index in [1.165, 1.54) is 21.5 Å². The van der Waals surface area contributed by atoms with Gasteiger partial charge in [-0.1, -0.05) is 59.0 Å². The van der Waals surface area contributed by atoms with E-state index in [1.807, 2.05) is 0 Å². The number of halogens is 6. The minimum absolute atomic E-state index is 0. The molecule has 0 amide bonds. The average Bonchev–Trinajstić information content (AvgIpc) is 3.83. The van der Waals surface area contributed by atoms with Gasteiger partial charge in [-0.15, -0.1) is 10.2 Å². The summed E-state index contributed by atoms with van der Waals surface area (Å²) in [5, 5.41) is 37.8. The van der Waals surface area contributed by atoms with Crippen molar-refractivity contribution in [2.75, 3.05) is 31.0 Å². The fourth-order valence-electron chi connectivity index (χ4n) is 4.96. The normalized spacial score (nSPS) is 10.7. The molecule has 4 aromatic carbocycles. The molecule has 0 spiro atoms. The summed E-state index contributed by atoms with van der Waals surface area (Å²) in [5.41, 5.74) is 2.69. The second-order valence-corrected chi connectivity index (χ2v) is 11.2. The second-order valence-electron chi connectivity index (χ2n) is 11.2. The Bertz CT molecular complexity index is 2160. The van der Waals surface area contributed by atoms with Crippen LogP contribution >= 0.6 is 0 Å². The van der Waals surface area contributed by atoms with Crippen LogP contribution in [0.5, 0.6) is 0 Å². The van der Waals surface area contributed by atoms with E-state index in [0.29, 0.717) is 51.8 Å². The Hall–Kier alpha value is -5.21. The molecule has 0 bridgehead atoms. The Labute approximate surface area is 349 Å². The number of aromatic nitrogens is 6. The van der Waals surface area contributed by atoms with Gasteiger partial charge < -0.3 is 27.0 Å². The summed E-state index contributed by atoms with van der Waals surface area (Å²) in [4.78, 5) is 11.6. The van der Waals surface area contributed by atoms with Crippen LogP contribution in [0.2, 0.25) is 0 Å². The molecule has 0 unspecified atom stereocenters.